The quantitative estimate of drug-likeness (QED) is 0.379. The molecule has 0 aromatic heterocycles. The number of rotatable bonds is 5. The van der Waals surface area contributed by atoms with E-state index in [9.17, 15) is 9.59 Å². The minimum atomic E-state index is -1.00. The van der Waals surface area contributed by atoms with Crippen LogP contribution in [0.15, 0.2) is 24.3 Å². The molecule has 2 rings (SSSR count). The molecule has 0 saturated heterocycles. The lowest BCUT2D eigenvalue weighted by atomic mass is 9.72. The van der Waals surface area contributed by atoms with Gasteiger partial charge in [0.05, 0.1) is 10.6 Å². The molecular weight excluding hydrogens is 348 g/mol. The molecule has 0 N–H and O–H groups in total. The highest BCUT2D eigenvalue weighted by atomic mass is 17.5. The summed E-state index contributed by atoms with van der Waals surface area (Å²) in [7, 11) is 0. The molecule has 0 spiro atoms. The molecule has 0 heterocycles. The Kier molecular flexibility index (Phi) is 7.25. The molecule has 1 aromatic rings. The van der Waals surface area contributed by atoms with E-state index in [2.05, 4.69) is 49.4 Å². The topological polar surface area (TPSA) is 71.1 Å². The lowest BCUT2D eigenvalue weighted by Gasteiger charge is -2.36. The second-order valence-electron chi connectivity index (χ2n) is 8.51. The molecule has 27 heavy (non-hydrogen) atoms. The van der Waals surface area contributed by atoms with Crippen molar-refractivity contribution in [1.29, 1.82) is 0 Å². The van der Waals surface area contributed by atoms with Crippen molar-refractivity contribution in [3.05, 3.63) is 35.4 Å². The highest BCUT2D eigenvalue weighted by Gasteiger charge is 2.31. The third-order valence-electron chi connectivity index (χ3n) is 5.19. The van der Waals surface area contributed by atoms with Gasteiger partial charge in [0.1, 0.15) is 6.10 Å². The molecule has 0 amide bonds. The molecular formula is C21H30O6. The van der Waals surface area contributed by atoms with Crippen LogP contribution in [0.4, 0.5) is 4.79 Å². The number of carbonyl (C=O) groups excluding carboxylic acids is 2. The number of ether oxygens (including phenoxy) is 1. The predicted molar refractivity (Wildman–Crippen MR) is 99.8 cm³/mol. The maximum Gasteiger partial charge on any atom is 0.543 e. The zero-order valence-electron chi connectivity index (χ0n) is 16.8. The number of carbonyl (C=O) groups is 2. The molecule has 0 radical (unpaired) electrons. The van der Waals surface area contributed by atoms with Crippen LogP contribution < -0.4 is 0 Å². The van der Waals surface area contributed by atoms with Gasteiger partial charge in [-0.15, -0.1) is 0 Å². The first-order chi connectivity index (χ1) is 12.7. The van der Waals surface area contributed by atoms with Gasteiger partial charge in [0.2, 0.25) is 0 Å². The summed E-state index contributed by atoms with van der Waals surface area (Å²) in [6.07, 6.45) is 2.39. The van der Waals surface area contributed by atoms with Crippen LogP contribution in [0.3, 0.4) is 0 Å². The van der Waals surface area contributed by atoms with E-state index in [1.807, 2.05) is 12.1 Å². The van der Waals surface area contributed by atoms with E-state index in [4.69, 9.17) is 4.74 Å². The first-order valence-corrected chi connectivity index (χ1v) is 9.53. The summed E-state index contributed by atoms with van der Waals surface area (Å²) in [5, 5.41) is 4.28. The van der Waals surface area contributed by atoms with Crippen molar-refractivity contribution in [2.24, 2.45) is 11.3 Å². The Hall–Kier alpha value is -2.08. The Labute approximate surface area is 161 Å². The van der Waals surface area contributed by atoms with Crippen LogP contribution >= 0.6 is 0 Å². The van der Waals surface area contributed by atoms with Crippen LogP contribution in [0.25, 0.3) is 0 Å². The molecule has 1 saturated carbocycles. The zero-order valence-corrected chi connectivity index (χ0v) is 16.8. The second-order valence-corrected chi connectivity index (χ2v) is 8.51. The van der Waals surface area contributed by atoms with Crippen molar-refractivity contribution in [3.8, 4) is 0 Å². The summed E-state index contributed by atoms with van der Waals surface area (Å²) in [6, 6.07) is 6.94. The molecule has 150 valence electrons. The summed E-state index contributed by atoms with van der Waals surface area (Å²) < 4.78 is 5.20. The number of hydrogen-bond acceptors (Lipinski definition) is 6. The lowest BCUT2D eigenvalue weighted by molar-refractivity contribution is -0.453. The predicted octanol–water partition coefficient (Wildman–Crippen LogP) is 5.57. The van der Waals surface area contributed by atoms with Crippen LogP contribution in [0.1, 0.15) is 82.1 Å². The van der Waals surface area contributed by atoms with E-state index in [0.717, 1.165) is 31.2 Å². The van der Waals surface area contributed by atoms with E-state index in [-0.39, 0.29) is 11.5 Å². The molecule has 1 aromatic carbocycles. The number of hydrogen-bond donors (Lipinski definition) is 0. The van der Waals surface area contributed by atoms with Gasteiger partial charge in [-0.3, -0.25) is 4.89 Å². The minimum Gasteiger partial charge on any atom is -0.429 e. The molecule has 0 unspecified atom stereocenters. The van der Waals surface area contributed by atoms with E-state index in [1.165, 1.54) is 0 Å². The maximum atomic E-state index is 11.8. The van der Waals surface area contributed by atoms with Crippen LogP contribution in [0, 0.1) is 11.3 Å². The van der Waals surface area contributed by atoms with Gasteiger partial charge in [0.25, 0.3) is 0 Å². The smallest absolute Gasteiger partial charge is 0.429 e. The SMILES string of the molecule is CC(C)c1ccc(C(=O)OOOC(=O)OC2CCC(C(C)(C)C)CC2)cc1. The summed E-state index contributed by atoms with van der Waals surface area (Å²) in [5.41, 5.74) is 1.67. The fraction of sp³-hybridized carbons (Fsp3) is 0.619. The van der Waals surface area contributed by atoms with E-state index < -0.39 is 12.1 Å². The second kappa shape index (κ2) is 9.22. The van der Waals surface area contributed by atoms with E-state index >= 15 is 0 Å². The summed E-state index contributed by atoms with van der Waals surface area (Å²) in [6.45, 7) is 10.8. The Morgan fingerprint density at radius 2 is 1.56 bits per heavy atom. The van der Waals surface area contributed by atoms with Crippen LogP contribution in [-0.4, -0.2) is 18.2 Å². The summed E-state index contributed by atoms with van der Waals surface area (Å²) in [5.74, 6) is 0.235. The molecule has 6 nitrogen and oxygen atoms in total. The largest absolute Gasteiger partial charge is 0.543 e. The summed E-state index contributed by atoms with van der Waals surface area (Å²) in [4.78, 5) is 32.4. The average molecular weight is 378 g/mol. The lowest BCUT2D eigenvalue weighted by Crippen LogP contribution is -2.30. The van der Waals surface area contributed by atoms with Gasteiger partial charge in [0, 0.05) is 0 Å². The van der Waals surface area contributed by atoms with Gasteiger partial charge in [0.15, 0.2) is 0 Å². The van der Waals surface area contributed by atoms with Crippen molar-refractivity contribution in [1.82, 2.24) is 0 Å². The van der Waals surface area contributed by atoms with Crippen LogP contribution in [0.5, 0.6) is 0 Å². The zero-order chi connectivity index (χ0) is 20.0. The molecule has 6 heteroatoms. The third-order valence-corrected chi connectivity index (χ3v) is 5.19. The van der Waals surface area contributed by atoms with Gasteiger partial charge in [-0.2, -0.15) is 0 Å². The van der Waals surface area contributed by atoms with Crippen molar-refractivity contribution in [2.45, 2.75) is 72.3 Å². The molecule has 0 atom stereocenters. The van der Waals surface area contributed by atoms with Gasteiger partial charge in [-0.25, -0.2) is 14.5 Å². The standard InChI is InChI=1S/C21H30O6/c1-14(2)15-6-8-16(9-7-15)19(22)25-27-26-20(23)24-18-12-10-17(11-13-18)21(3,4)5/h6-9,14,17-18H,10-13H2,1-5H3. The Morgan fingerprint density at radius 3 is 2.07 bits per heavy atom. The average Bonchev–Trinajstić information content (AvgIpc) is 2.61. The van der Waals surface area contributed by atoms with Crippen LogP contribution in [0.2, 0.25) is 0 Å². The Bertz CT molecular complexity index is 621. The van der Waals surface area contributed by atoms with Crippen molar-refractivity contribution < 1.29 is 29.1 Å². The summed E-state index contributed by atoms with van der Waals surface area (Å²) >= 11 is 0. The van der Waals surface area contributed by atoms with Crippen molar-refractivity contribution >= 4 is 12.1 Å². The molecule has 1 fully saturated rings. The highest BCUT2D eigenvalue weighted by Crippen LogP contribution is 2.38. The maximum absolute atomic E-state index is 11.8. The fourth-order valence-corrected chi connectivity index (χ4v) is 3.33. The monoisotopic (exact) mass is 378 g/mol. The minimum absolute atomic E-state index is 0.195. The normalized spacial score (nSPS) is 20.2. The fourth-order valence-electron chi connectivity index (χ4n) is 3.33. The van der Waals surface area contributed by atoms with Gasteiger partial charge in [-0.05, 0) is 60.6 Å². The molecule has 1 aliphatic rings. The Morgan fingerprint density at radius 1 is 0.963 bits per heavy atom. The van der Waals surface area contributed by atoms with Crippen LogP contribution in [-0.2, 0) is 19.6 Å². The first kappa shape index (κ1) is 21.2. The number of benzene rings is 1. The Balaban J connectivity index is 1.68. The van der Waals surface area contributed by atoms with E-state index in [1.54, 1.807) is 12.1 Å². The molecule has 0 aliphatic heterocycles. The van der Waals surface area contributed by atoms with Gasteiger partial charge in [-0.1, -0.05) is 46.8 Å². The third kappa shape index (κ3) is 6.54. The van der Waals surface area contributed by atoms with Gasteiger partial charge >= 0.3 is 12.1 Å². The van der Waals surface area contributed by atoms with Crippen molar-refractivity contribution in [2.75, 3.05) is 0 Å². The molecule has 0 bridgehead atoms. The highest BCUT2D eigenvalue weighted by molar-refractivity contribution is 5.88. The van der Waals surface area contributed by atoms with Crippen molar-refractivity contribution in [3.63, 3.8) is 0 Å². The molecule has 1 aliphatic carbocycles. The first-order valence-electron chi connectivity index (χ1n) is 9.53. The van der Waals surface area contributed by atoms with Gasteiger partial charge < -0.3 is 4.74 Å². The van der Waals surface area contributed by atoms with E-state index in [0.29, 0.717) is 17.4 Å².